The minimum atomic E-state index is -4.42. The smallest absolute Gasteiger partial charge is 0.416 e. The molecule has 1 aromatic carbocycles. The number of halogens is 3. The highest BCUT2D eigenvalue weighted by Gasteiger charge is 2.42. The zero-order valence-electron chi connectivity index (χ0n) is 14.8. The van der Waals surface area contributed by atoms with Gasteiger partial charge in [-0.05, 0) is 62.6 Å². The Balaban J connectivity index is 1.63. The predicted octanol–water partition coefficient (Wildman–Crippen LogP) is 4.03. The van der Waals surface area contributed by atoms with E-state index in [1.807, 2.05) is 0 Å². The van der Waals surface area contributed by atoms with Crippen molar-refractivity contribution in [3.8, 4) is 0 Å². The minimum absolute atomic E-state index is 0.112. The first-order valence-corrected chi connectivity index (χ1v) is 9.19. The molecule has 0 unspecified atom stereocenters. The molecule has 2 saturated carbocycles. The second kappa shape index (κ2) is 7.40. The number of carboxylic acid groups (broad SMARTS) is 1. The van der Waals surface area contributed by atoms with Crippen LogP contribution >= 0.6 is 0 Å². The van der Waals surface area contributed by atoms with Crippen LogP contribution in [0.15, 0.2) is 24.3 Å². The largest absolute Gasteiger partial charge is 0.481 e. The molecule has 0 bridgehead atoms. The lowest BCUT2D eigenvalue weighted by Crippen LogP contribution is -2.55. The summed E-state index contributed by atoms with van der Waals surface area (Å²) in [6.45, 7) is 0. The predicted molar refractivity (Wildman–Crippen MR) is 92.0 cm³/mol. The quantitative estimate of drug-likeness (QED) is 0.733. The summed E-state index contributed by atoms with van der Waals surface area (Å²) in [5.41, 5.74) is -1.03. The molecule has 0 aromatic heterocycles. The molecule has 2 fully saturated rings. The van der Waals surface area contributed by atoms with Crippen LogP contribution in [-0.2, 0) is 16.5 Å². The van der Waals surface area contributed by atoms with Crippen molar-refractivity contribution in [3.05, 3.63) is 35.4 Å². The monoisotopic (exact) mass is 384 g/mol. The van der Waals surface area contributed by atoms with Crippen LogP contribution in [0.4, 0.5) is 18.0 Å². The van der Waals surface area contributed by atoms with Gasteiger partial charge in [0.1, 0.15) is 0 Å². The van der Waals surface area contributed by atoms with E-state index in [1.165, 1.54) is 6.07 Å². The Hall–Kier alpha value is -2.25. The summed E-state index contributed by atoms with van der Waals surface area (Å²) >= 11 is 0. The molecule has 0 spiro atoms. The number of aliphatic carboxylic acids is 1. The molecule has 27 heavy (non-hydrogen) atoms. The van der Waals surface area contributed by atoms with E-state index in [1.54, 1.807) is 6.07 Å². The van der Waals surface area contributed by atoms with Crippen LogP contribution in [0.2, 0.25) is 0 Å². The summed E-state index contributed by atoms with van der Waals surface area (Å²) in [4.78, 5) is 23.4. The van der Waals surface area contributed by atoms with Gasteiger partial charge in [0.15, 0.2) is 0 Å². The first-order chi connectivity index (χ1) is 12.7. The van der Waals surface area contributed by atoms with Gasteiger partial charge >= 0.3 is 18.2 Å². The van der Waals surface area contributed by atoms with E-state index in [0.29, 0.717) is 44.1 Å². The van der Waals surface area contributed by atoms with Crippen LogP contribution in [0.1, 0.15) is 56.1 Å². The Morgan fingerprint density at radius 3 is 2.30 bits per heavy atom. The molecule has 0 atom stereocenters. The van der Waals surface area contributed by atoms with Gasteiger partial charge in [-0.2, -0.15) is 13.2 Å². The van der Waals surface area contributed by atoms with E-state index in [-0.39, 0.29) is 12.0 Å². The molecule has 1 aromatic rings. The molecule has 5 nitrogen and oxygen atoms in total. The van der Waals surface area contributed by atoms with Gasteiger partial charge in [0.25, 0.3) is 0 Å². The van der Waals surface area contributed by atoms with Crippen molar-refractivity contribution in [2.75, 3.05) is 0 Å². The van der Waals surface area contributed by atoms with E-state index in [0.717, 1.165) is 18.6 Å². The fourth-order valence-corrected chi connectivity index (χ4v) is 3.93. The summed E-state index contributed by atoms with van der Waals surface area (Å²) in [5.74, 6) is -1.18. The molecule has 0 heterocycles. The lowest BCUT2D eigenvalue weighted by atomic mass is 9.71. The minimum Gasteiger partial charge on any atom is -0.481 e. The molecule has 148 valence electrons. The van der Waals surface area contributed by atoms with Crippen molar-refractivity contribution >= 4 is 12.0 Å². The molecule has 2 amide bonds. The number of nitrogens with one attached hydrogen (secondary N) is 2. The molecule has 3 rings (SSSR count). The van der Waals surface area contributed by atoms with Crippen molar-refractivity contribution in [2.24, 2.45) is 5.92 Å². The molecular weight excluding hydrogens is 361 g/mol. The van der Waals surface area contributed by atoms with Gasteiger partial charge < -0.3 is 15.7 Å². The Labute approximate surface area is 155 Å². The summed E-state index contributed by atoms with van der Waals surface area (Å²) < 4.78 is 39.0. The number of carbonyl (C=O) groups is 2. The molecule has 0 saturated heterocycles. The third-order valence-electron chi connectivity index (χ3n) is 5.71. The van der Waals surface area contributed by atoms with Crippen LogP contribution in [0.3, 0.4) is 0 Å². The van der Waals surface area contributed by atoms with Crippen LogP contribution in [0.25, 0.3) is 0 Å². The Morgan fingerprint density at radius 1 is 1.11 bits per heavy atom. The number of alkyl halides is 3. The van der Waals surface area contributed by atoms with Gasteiger partial charge in [-0.1, -0.05) is 12.1 Å². The average molecular weight is 384 g/mol. The zero-order chi connectivity index (χ0) is 19.7. The Morgan fingerprint density at radius 2 is 1.78 bits per heavy atom. The van der Waals surface area contributed by atoms with Gasteiger partial charge in [0, 0.05) is 6.04 Å². The third kappa shape index (κ3) is 4.36. The van der Waals surface area contributed by atoms with E-state index in [4.69, 9.17) is 5.11 Å². The van der Waals surface area contributed by atoms with E-state index in [2.05, 4.69) is 10.6 Å². The van der Waals surface area contributed by atoms with Crippen molar-refractivity contribution in [1.29, 1.82) is 0 Å². The highest BCUT2D eigenvalue weighted by Crippen LogP contribution is 2.43. The van der Waals surface area contributed by atoms with E-state index < -0.39 is 29.3 Å². The average Bonchev–Trinajstić information content (AvgIpc) is 2.58. The fourth-order valence-electron chi connectivity index (χ4n) is 3.93. The number of amides is 2. The normalized spacial score (nSPS) is 24.6. The Bertz CT molecular complexity index is 708. The van der Waals surface area contributed by atoms with Crippen LogP contribution in [0.5, 0.6) is 0 Å². The standard InChI is InChI=1S/C19H23F3N2O3/c20-19(21,22)14-4-1-3-13(11-14)18(9-2-10-18)24-17(27)23-15-7-5-12(6-8-15)16(25)26/h1,3-4,11-12,15H,2,5-10H2,(H,25,26)(H2,23,24,27). The number of benzene rings is 1. The summed E-state index contributed by atoms with van der Waals surface area (Å²) in [5, 5.41) is 14.7. The van der Waals surface area contributed by atoms with Crippen molar-refractivity contribution in [2.45, 2.75) is 62.7 Å². The molecule has 2 aliphatic rings. The van der Waals surface area contributed by atoms with Crippen LogP contribution in [-0.4, -0.2) is 23.1 Å². The van der Waals surface area contributed by atoms with Crippen molar-refractivity contribution in [3.63, 3.8) is 0 Å². The molecule has 3 N–H and O–H groups in total. The van der Waals surface area contributed by atoms with Gasteiger partial charge in [-0.25, -0.2) is 4.79 Å². The third-order valence-corrected chi connectivity index (χ3v) is 5.71. The molecular formula is C19H23F3N2O3. The lowest BCUT2D eigenvalue weighted by Gasteiger charge is -2.43. The zero-order valence-corrected chi connectivity index (χ0v) is 14.8. The summed E-state index contributed by atoms with van der Waals surface area (Å²) in [6.07, 6.45) is -0.215. The number of hydrogen-bond acceptors (Lipinski definition) is 2. The maximum Gasteiger partial charge on any atom is 0.416 e. The fraction of sp³-hybridized carbons (Fsp3) is 0.579. The molecule has 2 aliphatic carbocycles. The highest BCUT2D eigenvalue weighted by atomic mass is 19.4. The topological polar surface area (TPSA) is 78.4 Å². The van der Waals surface area contributed by atoms with Gasteiger partial charge in [0.05, 0.1) is 17.0 Å². The molecule has 0 radical (unpaired) electrons. The second-order valence-electron chi connectivity index (χ2n) is 7.50. The number of rotatable bonds is 4. The van der Waals surface area contributed by atoms with Crippen LogP contribution < -0.4 is 10.6 Å². The number of urea groups is 1. The maximum absolute atomic E-state index is 13.0. The van der Waals surface area contributed by atoms with E-state index in [9.17, 15) is 22.8 Å². The van der Waals surface area contributed by atoms with Gasteiger partial charge in [0.2, 0.25) is 0 Å². The lowest BCUT2D eigenvalue weighted by molar-refractivity contribution is -0.143. The van der Waals surface area contributed by atoms with Crippen LogP contribution in [0, 0.1) is 5.92 Å². The van der Waals surface area contributed by atoms with Crippen molar-refractivity contribution in [1.82, 2.24) is 10.6 Å². The van der Waals surface area contributed by atoms with Gasteiger partial charge in [-0.15, -0.1) is 0 Å². The summed E-state index contributed by atoms with van der Waals surface area (Å²) in [7, 11) is 0. The maximum atomic E-state index is 13.0. The first-order valence-electron chi connectivity index (χ1n) is 9.19. The highest BCUT2D eigenvalue weighted by molar-refractivity contribution is 5.76. The summed E-state index contributed by atoms with van der Waals surface area (Å²) in [6, 6.07) is 4.59. The van der Waals surface area contributed by atoms with Gasteiger partial charge in [-0.3, -0.25) is 4.79 Å². The van der Waals surface area contributed by atoms with E-state index >= 15 is 0 Å². The number of carbonyl (C=O) groups excluding carboxylic acids is 1. The number of hydrogen-bond donors (Lipinski definition) is 3. The molecule has 0 aliphatic heterocycles. The van der Waals surface area contributed by atoms with Crippen molar-refractivity contribution < 1.29 is 27.9 Å². The first kappa shape index (κ1) is 19.5. The number of carboxylic acids is 1. The second-order valence-corrected chi connectivity index (χ2v) is 7.50. The SMILES string of the molecule is O=C(NC1CCC(C(=O)O)CC1)NC1(c2cccc(C(F)(F)F)c2)CCC1. The Kier molecular flexibility index (Phi) is 5.35. The molecule has 8 heteroatoms.